The van der Waals surface area contributed by atoms with Crippen molar-refractivity contribution in [1.29, 1.82) is 0 Å². The molecule has 0 fully saturated rings. The van der Waals surface area contributed by atoms with Crippen LogP contribution in [0, 0.1) is 0 Å². The van der Waals surface area contributed by atoms with Crippen LogP contribution in [-0.2, 0) is 22.8 Å². The molecule has 0 aliphatic rings. The zero-order valence-electron chi connectivity index (χ0n) is 12.1. The van der Waals surface area contributed by atoms with Gasteiger partial charge in [-0.1, -0.05) is 0 Å². The minimum absolute atomic E-state index is 0.179. The van der Waals surface area contributed by atoms with Gasteiger partial charge in [0.05, 0.1) is 5.56 Å². The van der Waals surface area contributed by atoms with Gasteiger partial charge in [-0.2, -0.15) is 13.2 Å². The number of esters is 1. The zero-order valence-corrected chi connectivity index (χ0v) is 12.1. The first-order chi connectivity index (χ1) is 10.8. The molecule has 0 aliphatic carbocycles. The molecule has 5 nitrogen and oxygen atoms in total. The highest BCUT2D eigenvalue weighted by atomic mass is 19.4. The fraction of sp³-hybridized carbons (Fsp3) is 0.200. The number of carbonyl (C=O) groups is 2. The van der Waals surface area contributed by atoms with Crippen molar-refractivity contribution in [2.75, 3.05) is 11.9 Å². The van der Waals surface area contributed by atoms with Gasteiger partial charge in [0.2, 0.25) is 0 Å². The van der Waals surface area contributed by atoms with Crippen LogP contribution in [0.3, 0.4) is 0 Å². The fourth-order valence-corrected chi connectivity index (χ4v) is 1.82. The molecule has 8 heteroatoms. The molecule has 0 aliphatic heterocycles. The smallest absolute Gasteiger partial charge is 0.416 e. The third kappa shape index (κ3) is 4.35. The van der Waals surface area contributed by atoms with Gasteiger partial charge in [-0.15, -0.1) is 0 Å². The summed E-state index contributed by atoms with van der Waals surface area (Å²) in [6, 6.07) is 7.14. The second-order valence-electron chi connectivity index (χ2n) is 4.70. The van der Waals surface area contributed by atoms with E-state index in [2.05, 4.69) is 5.32 Å². The quantitative estimate of drug-likeness (QED) is 0.879. The van der Waals surface area contributed by atoms with E-state index in [1.165, 1.54) is 10.6 Å². The topological polar surface area (TPSA) is 60.3 Å². The lowest BCUT2D eigenvalue weighted by molar-refractivity contribution is -0.137. The van der Waals surface area contributed by atoms with E-state index in [4.69, 9.17) is 4.74 Å². The van der Waals surface area contributed by atoms with E-state index in [1.54, 1.807) is 19.3 Å². The van der Waals surface area contributed by atoms with Gasteiger partial charge in [0, 0.05) is 18.9 Å². The third-order valence-corrected chi connectivity index (χ3v) is 2.98. The third-order valence-electron chi connectivity index (χ3n) is 2.98. The molecule has 2 aromatic rings. The molecule has 0 saturated carbocycles. The number of nitrogens with zero attached hydrogens (tertiary/aromatic N) is 1. The number of anilines is 1. The molecule has 0 atom stereocenters. The molecule has 23 heavy (non-hydrogen) atoms. The van der Waals surface area contributed by atoms with Gasteiger partial charge < -0.3 is 14.6 Å². The van der Waals surface area contributed by atoms with Crippen LogP contribution in [-0.4, -0.2) is 23.1 Å². The molecule has 0 spiro atoms. The van der Waals surface area contributed by atoms with E-state index in [0.717, 1.165) is 24.3 Å². The Labute approximate surface area is 129 Å². The zero-order chi connectivity index (χ0) is 17.0. The van der Waals surface area contributed by atoms with Gasteiger partial charge in [-0.25, -0.2) is 4.79 Å². The lowest BCUT2D eigenvalue weighted by Crippen LogP contribution is -2.21. The van der Waals surface area contributed by atoms with Crippen LogP contribution >= 0.6 is 0 Å². The molecular weight excluding hydrogens is 313 g/mol. The number of halogens is 3. The van der Waals surface area contributed by atoms with Crippen LogP contribution in [0.2, 0.25) is 0 Å². The number of rotatable bonds is 4. The Bertz CT molecular complexity index is 706. The first-order valence-corrected chi connectivity index (χ1v) is 6.53. The number of benzene rings is 1. The minimum Gasteiger partial charge on any atom is -0.451 e. The van der Waals surface area contributed by atoms with Crippen LogP contribution in [0.4, 0.5) is 18.9 Å². The van der Waals surface area contributed by atoms with Crippen molar-refractivity contribution in [2.24, 2.45) is 7.05 Å². The number of carbonyl (C=O) groups excluding carboxylic acids is 2. The number of aromatic nitrogens is 1. The van der Waals surface area contributed by atoms with Crippen molar-refractivity contribution in [3.05, 3.63) is 53.9 Å². The Morgan fingerprint density at radius 3 is 2.35 bits per heavy atom. The average Bonchev–Trinajstić information content (AvgIpc) is 2.90. The average molecular weight is 326 g/mol. The summed E-state index contributed by atoms with van der Waals surface area (Å²) in [6.45, 7) is -0.537. The highest BCUT2D eigenvalue weighted by Crippen LogP contribution is 2.29. The summed E-state index contributed by atoms with van der Waals surface area (Å²) in [5.41, 5.74) is -0.351. The van der Waals surface area contributed by atoms with Gasteiger partial charge in [0.1, 0.15) is 5.69 Å². The number of aryl methyl sites for hydroxylation is 1. The van der Waals surface area contributed by atoms with Crippen LogP contribution in [0.25, 0.3) is 0 Å². The monoisotopic (exact) mass is 326 g/mol. The Hall–Kier alpha value is -2.77. The molecule has 1 aromatic carbocycles. The summed E-state index contributed by atoms with van der Waals surface area (Å²) < 4.78 is 43.6. The summed E-state index contributed by atoms with van der Waals surface area (Å²) in [5.74, 6) is -1.31. The Balaban J connectivity index is 1.88. The highest BCUT2D eigenvalue weighted by Gasteiger charge is 2.30. The fourth-order valence-electron chi connectivity index (χ4n) is 1.82. The van der Waals surface area contributed by atoms with Crippen molar-refractivity contribution in [1.82, 2.24) is 4.57 Å². The molecule has 2 rings (SSSR count). The molecule has 1 heterocycles. The summed E-state index contributed by atoms with van der Waals surface area (Å²) in [6.07, 6.45) is -2.79. The maximum absolute atomic E-state index is 12.4. The number of nitrogens with one attached hydrogen (secondary N) is 1. The Kier molecular flexibility index (Phi) is 4.73. The van der Waals surface area contributed by atoms with Crippen LogP contribution in [0.1, 0.15) is 16.1 Å². The molecule has 122 valence electrons. The molecular formula is C15H13F3N2O3. The normalized spacial score (nSPS) is 11.1. The maximum Gasteiger partial charge on any atom is 0.416 e. The van der Waals surface area contributed by atoms with Gasteiger partial charge in [0.15, 0.2) is 6.61 Å². The number of amides is 1. The molecule has 0 unspecified atom stereocenters. The Morgan fingerprint density at radius 1 is 1.17 bits per heavy atom. The number of alkyl halides is 3. The van der Waals surface area contributed by atoms with E-state index in [0.29, 0.717) is 0 Å². The predicted octanol–water partition coefficient (Wildman–Crippen LogP) is 2.84. The highest BCUT2D eigenvalue weighted by molar-refractivity contribution is 5.94. The summed E-state index contributed by atoms with van der Waals surface area (Å²) in [4.78, 5) is 23.3. The van der Waals surface area contributed by atoms with Crippen LogP contribution < -0.4 is 5.32 Å². The first kappa shape index (κ1) is 16.6. The van der Waals surface area contributed by atoms with Gasteiger partial charge in [0.25, 0.3) is 5.91 Å². The Morgan fingerprint density at radius 2 is 1.83 bits per heavy atom. The lowest BCUT2D eigenvalue weighted by atomic mass is 10.2. The van der Waals surface area contributed by atoms with Gasteiger partial charge in [-0.05, 0) is 36.4 Å². The molecule has 0 radical (unpaired) electrons. The predicted molar refractivity (Wildman–Crippen MR) is 75.8 cm³/mol. The lowest BCUT2D eigenvalue weighted by Gasteiger charge is -2.09. The summed E-state index contributed by atoms with van der Waals surface area (Å²) in [5, 5.41) is 2.35. The second-order valence-corrected chi connectivity index (χ2v) is 4.70. The summed E-state index contributed by atoms with van der Waals surface area (Å²) in [7, 11) is 1.65. The van der Waals surface area contributed by atoms with Crippen molar-refractivity contribution in [3.8, 4) is 0 Å². The molecule has 0 bridgehead atoms. The van der Waals surface area contributed by atoms with E-state index < -0.39 is 30.2 Å². The van der Waals surface area contributed by atoms with Crippen LogP contribution in [0.15, 0.2) is 42.6 Å². The number of ether oxygens (including phenoxy) is 1. The minimum atomic E-state index is -4.44. The molecule has 1 amide bonds. The van der Waals surface area contributed by atoms with E-state index >= 15 is 0 Å². The maximum atomic E-state index is 12.4. The second kappa shape index (κ2) is 6.55. The molecule has 1 N–H and O–H groups in total. The summed E-state index contributed by atoms with van der Waals surface area (Å²) >= 11 is 0. The largest absolute Gasteiger partial charge is 0.451 e. The van der Waals surface area contributed by atoms with Gasteiger partial charge >= 0.3 is 12.1 Å². The van der Waals surface area contributed by atoms with Gasteiger partial charge in [-0.3, -0.25) is 4.79 Å². The van der Waals surface area contributed by atoms with Crippen LogP contribution in [0.5, 0.6) is 0 Å². The number of hydrogen-bond donors (Lipinski definition) is 1. The number of hydrogen-bond acceptors (Lipinski definition) is 3. The SMILES string of the molecule is Cn1cccc1C(=O)OCC(=O)Nc1ccc(C(F)(F)F)cc1. The van der Waals surface area contributed by atoms with Crippen molar-refractivity contribution < 1.29 is 27.5 Å². The van der Waals surface area contributed by atoms with E-state index in [1.807, 2.05) is 0 Å². The van der Waals surface area contributed by atoms with Crippen molar-refractivity contribution in [3.63, 3.8) is 0 Å². The molecule has 1 aromatic heterocycles. The van der Waals surface area contributed by atoms with E-state index in [9.17, 15) is 22.8 Å². The van der Waals surface area contributed by atoms with E-state index in [-0.39, 0.29) is 11.4 Å². The standard InChI is InChI=1S/C15H13F3N2O3/c1-20-8-2-3-12(20)14(22)23-9-13(21)19-11-6-4-10(5-7-11)15(16,17)18/h2-8H,9H2,1H3,(H,19,21). The van der Waals surface area contributed by atoms with Crippen molar-refractivity contribution in [2.45, 2.75) is 6.18 Å². The first-order valence-electron chi connectivity index (χ1n) is 6.53. The molecule has 0 saturated heterocycles. The van der Waals surface area contributed by atoms with Crippen molar-refractivity contribution >= 4 is 17.6 Å².